The van der Waals surface area contributed by atoms with E-state index in [0.717, 1.165) is 13.1 Å². The van der Waals surface area contributed by atoms with Gasteiger partial charge in [-0.1, -0.05) is 7.11 Å². The van der Waals surface area contributed by atoms with E-state index in [4.69, 9.17) is 0 Å². The molecule has 2 nitrogen and oxygen atoms in total. The molecule has 1 aliphatic heterocycles. The van der Waals surface area contributed by atoms with E-state index in [-0.39, 0.29) is 0 Å². The predicted octanol–water partition coefficient (Wildman–Crippen LogP) is 0.0580. The summed E-state index contributed by atoms with van der Waals surface area (Å²) in [7, 11) is 3.49. The first-order chi connectivity index (χ1) is 3.93. The number of hydrogen-bond donors (Lipinski definition) is 1. The lowest BCUT2D eigenvalue weighted by atomic mass is 10.1. The van der Waals surface area contributed by atoms with Gasteiger partial charge in [-0.05, 0) is 13.0 Å². The van der Waals surface area contributed by atoms with Crippen LogP contribution in [0.4, 0.5) is 0 Å². The molecule has 1 rings (SSSR count). The van der Waals surface area contributed by atoms with E-state index in [0.29, 0.717) is 6.10 Å². The van der Waals surface area contributed by atoms with E-state index in [2.05, 4.69) is 17.2 Å². The van der Waals surface area contributed by atoms with Crippen LogP contribution in [-0.4, -0.2) is 23.9 Å². The molecule has 0 aromatic rings. The molecule has 0 aliphatic carbocycles. The second kappa shape index (κ2) is 3.05. The van der Waals surface area contributed by atoms with Gasteiger partial charge in [0.2, 0.25) is 0 Å². The van der Waals surface area contributed by atoms with Crippen molar-refractivity contribution in [3.8, 4) is 0 Å². The highest BCUT2D eigenvalue weighted by Gasteiger charge is 2.11. The van der Waals surface area contributed by atoms with Gasteiger partial charge in [0, 0.05) is 6.42 Å². The van der Waals surface area contributed by atoms with Crippen LogP contribution in [0.5, 0.6) is 0 Å². The summed E-state index contributed by atoms with van der Waals surface area (Å²) in [5, 5.41) is 3.25. The van der Waals surface area contributed by atoms with Crippen molar-refractivity contribution in [1.29, 1.82) is 0 Å². The molecule has 0 spiro atoms. The molecule has 1 atom stereocenters. The Morgan fingerprint density at radius 3 is 2.88 bits per heavy atom. The molecule has 0 radical (unpaired) electrons. The number of nitrogens with one attached hydrogen (secondary N) is 1. The average Bonchev–Trinajstić information content (AvgIpc) is 1.90. The zero-order valence-corrected chi connectivity index (χ0v) is 5.06. The van der Waals surface area contributed by atoms with Gasteiger partial charge >= 0.3 is 0 Å². The summed E-state index contributed by atoms with van der Waals surface area (Å²) < 4.78 is 3.94. The van der Waals surface area contributed by atoms with Gasteiger partial charge in [-0.15, -0.1) is 0 Å². The van der Waals surface area contributed by atoms with E-state index in [1.165, 1.54) is 12.8 Å². The maximum atomic E-state index is 3.94. The Morgan fingerprint density at radius 1 is 1.62 bits per heavy atom. The number of ether oxygens (including phenoxy) is 1. The maximum absolute atomic E-state index is 3.94. The topological polar surface area (TPSA) is 24.8 Å². The Bertz CT molecular complexity index is 59.5. The van der Waals surface area contributed by atoms with Gasteiger partial charge in [0.25, 0.3) is 0 Å². The minimum Gasteiger partial charge on any atom is -0.578 e. The van der Waals surface area contributed by atoms with Crippen LogP contribution in [0.2, 0.25) is 0 Å². The number of aliphatic hydroxyl groups is 2. The molecule has 0 saturated carbocycles. The van der Waals surface area contributed by atoms with Crippen molar-refractivity contribution in [3.63, 3.8) is 0 Å². The third-order valence-corrected chi connectivity index (χ3v) is 1.53. The standard InChI is InChI=1S/C6H13NO/c1-8-6-3-2-4-7-5-6/h6-8H,1-5H2. The van der Waals surface area contributed by atoms with Gasteiger partial charge in [0.1, 0.15) is 6.10 Å². The lowest BCUT2D eigenvalue weighted by molar-refractivity contribution is -0.0371. The smallest absolute Gasteiger partial charge is 0.142 e. The van der Waals surface area contributed by atoms with E-state index < -0.39 is 0 Å². The molecular formula is C6H13NO. The SMILES string of the molecule is [CH2-][OH+]C1CCCNC1. The van der Waals surface area contributed by atoms with Gasteiger partial charge in [-0.25, -0.2) is 0 Å². The van der Waals surface area contributed by atoms with Crippen molar-refractivity contribution in [2.45, 2.75) is 18.9 Å². The largest absolute Gasteiger partial charge is 0.578 e. The number of hydrogen-bond acceptors (Lipinski definition) is 1. The Balaban J connectivity index is 2.13. The quantitative estimate of drug-likeness (QED) is 0.379. The molecule has 2 heteroatoms. The predicted molar refractivity (Wildman–Crippen MR) is 33.5 cm³/mol. The van der Waals surface area contributed by atoms with E-state index >= 15 is 0 Å². The molecule has 1 unspecified atom stereocenters. The Morgan fingerprint density at radius 2 is 2.50 bits per heavy atom. The third-order valence-electron chi connectivity index (χ3n) is 1.53. The molecule has 8 heavy (non-hydrogen) atoms. The molecule has 1 heterocycles. The fourth-order valence-electron chi connectivity index (χ4n) is 0.989. The second-order valence-electron chi connectivity index (χ2n) is 2.18. The zero-order valence-electron chi connectivity index (χ0n) is 5.06. The summed E-state index contributed by atoms with van der Waals surface area (Å²) in [5.74, 6) is 0. The molecule has 1 fully saturated rings. The van der Waals surface area contributed by atoms with Gasteiger partial charge in [-0.2, -0.15) is 0 Å². The van der Waals surface area contributed by atoms with Crippen molar-refractivity contribution >= 4 is 0 Å². The van der Waals surface area contributed by atoms with Crippen LogP contribution in [0.25, 0.3) is 0 Å². The van der Waals surface area contributed by atoms with Crippen molar-refractivity contribution < 1.29 is 4.74 Å². The Labute approximate surface area is 50.2 Å². The molecule has 0 amide bonds. The first-order valence-corrected chi connectivity index (χ1v) is 3.10. The van der Waals surface area contributed by atoms with Crippen LogP contribution >= 0.6 is 0 Å². The average molecular weight is 115 g/mol. The van der Waals surface area contributed by atoms with Gasteiger partial charge in [-0.3, -0.25) is 0 Å². The van der Waals surface area contributed by atoms with Crippen LogP contribution in [0, 0.1) is 7.11 Å². The minimum atomic E-state index is 0.490. The Kier molecular flexibility index (Phi) is 2.30. The number of piperidine rings is 1. The lowest BCUT2D eigenvalue weighted by Gasteiger charge is -2.20. The summed E-state index contributed by atoms with van der Waals surface area (Å²) in [6.07, 6.45) is 2.96. The summed E-state index contributed by atoms with van der Waals surface area (Å²) in [5.41, 5.74) is 0. The molecular weight excluding hydrogens is 102 g/mol. The van der Waals surface area contributed by atoms with Crippen LogP contribution in [-0.2, 0) is 0 Å². The van der Waals surface area contributed by atoms with Gasteiger partial charge in [0.05, 0.1) is 6.54 Å². The monoisotopic (exact) mass is 115 g/mol. The van der Waals surface area contributed by atoms with Crippen LogP contribution in [0.3, 0.4) is 0 Å². The first-order valence-electron chi connectivity index (χ1n) is 3.10. The van der Waals surface area contributed by atoms with Crippen molar-refractivity contribution in [1.82, 2.24) is 5.32 Å². The van der Waals surface area contributed by atoms with E-state index in [1.807, 2.05) is 0 Å². The van der Waals surface area contributed by atoms with Crippen LogP contribution in [0.1, 0.15) is 12.8 Å². The van der Waals surface area contributed by atoms with Crippen molar-refractivity contribution in [2.24, 2.45) is 0 Å². The second-order valence-corrected chi connectivity index (χ2v) is 2.18. The first kappa shape index (κ1) is 6.05. The molecule has 0 aromatic carbocycles. The summed E-state index contributed by atoms with van der Waals surface area (Å²) in [6.45, 7) is 2.19. The normalized spacial score (nSPS) is 30.4. The highest BCUT2D eigenvalue weighted by molar-refractivity contribution is 4.67. The summed E-state index contributed by atoms with van der Waals surface area (Å²) in [6, 6.07) is 0. The fraction of sp³-hybridized carbons (Fsp3) is 0.833. The molecule has 1 saturated heterocycles. The van der Waals surface area contributed by atoms with Gasteiger partial charge in [0.15, 0.2) is 0 Å². The lowest BCUT2D eigenvalue weighted by Crippen LogP contribution is -2.35. The highest BCUT2D eigenvalue weighted by atomic mass is 16.5. The Hall–Kier alpha value is -0.0800. The van der Waals surface area contributed by atoms with Crippen molar-refractivity contribution in [2.75, 3.05) is 13.1 Å². The van der Waals surface area contributed by atoms with Crippen LogP contribution < -0.4 is 5.32 Å². The summed E-state index contributed by atoms with van der Waals surface area (Å²) in [4.78, 5) is 0. The molecule has 0 aromatic heterocycles. The molecule has 2 N–H and O–H groups in total. The van der Waals surface area contributed by atoms with Crippen LogP contribution in [0.15, 0.2) is 0 Å². The van der Waals surface area contributed by atoms with E-state index in [1.54, 1.807) is 0 Å². The molecule has 0 bridgehead atoms. The zero-order chi connectivity index (χ0) is 5.82. The minimum absolute atomic E-state index is 0.490. The number of rotatable bonds is 1. The third kappa shape index (κ3) is 1.46. The molecule has 1 aliphatic rings. The van der Waals surface area contributed by atoms with Gasteiger partial charge < -0.3 is 10.1 Å². The van der Waals surface area contributed by atoms with E-state index in [9.17, 15) is 0 Å². The molecule has 48 valence electrons. The van der Waals surface area contributed by atoms with Crippen molar-refractivity contribution in [3.05, 3.63) is 7.11 Å². The maximum Gasteiger partial charge on any atom is 0.142 e. The summed E-state index contributed by atoms with van der Waals surface area (Å²) >= 11 is 0. The fourth-order valence-corrected chi connectivity index (χ4v) is 0.989. The highest BCUT2D eigenvalue weighted by Crippen LogP contribution is 2.01.